The maximum Gasteiger partial charge on any atom is 0.231 e. The number of methoxy groups -OCH3 is 1. The molecule has 0 amide bonds. The van der Waals surface area contributed by atoms with Crippen LogP contribution in [0.5, 0.6) is 11.5 Å². The van der Waals surface area contributed by atoms with E-state index in [9.17, 15) is 5.11 Å². The predicted molar refractivity (Wildman–Crippen MR) is 87.8 cm³/mol. The molecule has 0 aromatic heterocycles. The lowest BCUT2D eigenvalue weighted by Gasteiger charge is -2.42. The molecule has 0 radical (unpaired) electrons. The number of hydrogen-bond donors (Lipinski definition) is 1. The monoisotopic (exact) mass is 321 g/mol. The van der Waals surface area contributed by atoms with E-state index in [1.54, 1.807) is 7.11 Å². The number of aliphatic hydroxyl groups excluding tert-OH is 1. The van der Waals surface area contributed by atoms with Crippen LogP contribution in [0.4, 0.5) is 0 Å². The normalized spacial score (nSPS) is 24.1. The average Bonchev–Trinajstić information content (AvgIpc) is 3.00. The third-order valence-electron chi connectivity index (χ3n) is 5.14. The SMILES string of the molecule is COCC[C@]1(CO)CCCN(Cc2cc3c(cc2C)OCO3)C1. The topological polar surface area (TPSA) is 51.2 Å². The Kier molecular flexibility index (Phi) is 5.09. The molecule has 2 heterocycles. The molecule has 5 heteroatoms. The van der Waals surface area contributed by atoms with Crippen LogP contribution < -0.4 is 9.47 Å². The van der Waals surface area contributed by atoms with Gasteiger partial charge >= 0.3 is 0 Å². The molecular weight excluding hydrogens is 294 g/mol. The zero-order valence-corrected chi connectivity index (χ0v) is 14.1. The van der Waals surface area contributed by atoms with Gasteiger partial charge in [0.25, 0.3) is 0 Å². The molecule has 1 N–H and O–H groups in total. The molecule has 1 fully saturated rings. The minimum absolute atomic E-state index is 0.0293. The van der Waals surface area contributed by atoms with Crippen molar-refractivity contribution in [3.05, 3.63) is 23.3 Å². The largest absolute Gasteiger partial charge is 0.454 e. The van der Waals surface area contributed by atoms with E-state index in [1.165, 1.54) is 11.1 Å². The van der Waals surface area contributed by atoms with Crippen molar-refractivity contribution in [1.82, 2.24) is 4.90 Å². The summed E-state index contributed by atoms with van der Waals surface area (Å²) in [7, 11) is 1.72. The Morgan fingerprint density at radius 3 is 2.83 bits per heavy atom. The van der Waals surface area contributed by atoms with Crippen LogP contribution in [-0.2, 0) is 11.3 Å². The van der Waals surface area contributed by atoms with Crippen LogP contribution in [0.15, 0.2) is 12.1 Å². The van der Waals surface area contributed by atoms with Crippen LogP contribution in [-0.4, -0.2) is 50.2 Å². The van der Waals surface area contributed by atoms with Crippen LogP contribution in [0.3, 0.4) is 0 Å². The number of aryl methyl sites for hydroxylation is 1. The van der Waals surface area contributed by atoms with E-state index in [0.29, 0.717) is 13.4 Å². The van der Waals surface area contributed by atoms with Crippen molar-refractivity contribution >= 4 is 0 Å². The van der Waals surface area contributed by atoms with Crippen molar-refractivity contribution in [2.24, 2.45) is 5.41 Å². The highest BCUT2D eigenvalue weighted by Gasteiger charge is 2.34. The molecule has 2 aliphatic rings. The Labute approximate surface area is 138 Å². The summed E-state index contributed by atoms with van der Waals surface area (Å²) in [5.41, 5.74) is 2.47. The van der Waals surface area contributed by atoms with Gasteiger partial charge in [-0.3, -0.25) is 4.90 Å². The molecule has 2 aliphatic heterocycles. The minimum atomic E-state index is -0.0293. The molecule has 3 rings (SSSR count). The average molecular weight is 321 g/mol. The summed E-state index contributed by atoms with van der Waals surface area (Å²) >= 11 is 0. The first-order valence-electron chi connectivity index (χ1n) is 8.37. The molecule has 1 saturated heterocycles. The number of hydrogen-bond acceptors (Lipinski definition) is 5. The number of piperidine rings is 1. The zero-order chi connectivity index (χ0) is 16.3. The minimum Gasteiger partial charge on any atom is -0.454 e. The molecule has 0 saturated carbocycles. The van der Waals surface area contributed by atoms with Crippen molar-refractivity contribution in [2.75, 3.05) is 40.2 Å². The summed E-state index contributed by atoms with van der Waals surface area (Å²) < 4.78 is 16.2. The zero-order valence-electron chi connectivity index (χ0n) is 14.1. The lowest BCUT2D eigenvalue weighted by molar-refractivity contribution is 0.00469. The molecule has 0 aliphatic carbocycles. The fraction of sp³-hybridized carbons (Fsp3) is 0.667. The summed E-state index contributed by atoms with van der Waals surface area (Å²) in [6, 6.07) is 4.16. The van der Waals surface area contributed by atoms with Gasteiger partial charge < -0.3 is 19.3 Å². The van der Waals surface area contributed by atoms with E-state index in [2.05, 4.69) is 24.0 Å². The van der Waals surface area contributed by atoms with Gasteiger partial charge in [-0.1, -0.05) is 0 Å². The van der Waals surface area contributed by atoms with Gasteiger partial charge in [0.1, 0.15) is 0 Å². The van der Waals surface area contributed by atoms with Gasteiger partial charge in [0, 0.05) is 32.2 Å². The van der Waals surface area contributed by atoms with Gasteiger partial charge in [0.15, 0.2) is 11.5 Å². The maximum atomic E-state index is 9.91. The number of aliphatic hydroxyl groups is 1. The first-order valence-corrected chi connectivity index (χ1v) is 8.37. The lowest BCUT2D eigenvalue weighted by atomic mass is 9.78. The van der Waals surface area contributed by atoms with Crippen molar-refractivity contribution < 1.29 is 19.3 Å². The van der Waals surface area contributed by atoms with Crippen LogP contribution >= 0.6 is 0 Å². The Morgan fingerprint density at radius 2 is 2.09 bits per heavy atom. The maximum absolute atomic E-state index is 9.91. The van der Waals surface area contributed by atoms with E-state index >= 15 is 0 Å². The van der Waals surface area contributed by atoms with Crippen LogP contribution in [0.25, 0.3) is 0 Å². The van der Waals surface area contributed by atoms with Crippen molar-refractivity contribution in [3.63, 3.8) is 0 Å². The highest BCUT2D eigenvalue weighted by atomic mass is 16.7. The standard InChI is InChI=1S/C18H27NO4/c1-14-8-16-17(23-13-22-16)9-15(14)10-19-6-3-4-18(11-19,12-20)5-7-21-2/h8-9,20H,3-7,10-13H2,1-2H3/t18-/m1/s1. The van der Waals surface area contributed by atoms with E-state index in [1.807, 2.05) is 0 Å². The number of nitrogens with zero attached hydrogens (tertiary/aromatic N) is 1. The molecule has 1 aromatic rings. The van der Waals surface area contributed by atoms with Gasteiger partial charge in [-0.15, -0.1) is 0 Å². The highest BCUT2D eigenvalue weighted by molar-refractivity contribution is 5.48. The predicted octanol–water partition coefficient (Wildman–Crippen LogP) is 2.33. The molecule has 1 aromatic carbocycles. The van der Waals surface area contributed by atoms with Gasteiger partial charge in [0.05, 0.1) is 6.61 Å². The van der Waals surface area contributed by atoms with Gasteiger partial charge in [0.2, 0.25) is 6.79 Å². The highest BCUT2D eigenvalue weighted by Crippen LogP contribution is 2.37. The number of fused-ring (bicyclic) bond motifs is 1. The molecule has 1 atom stereocenters. The van der Waals surface area contributed by atoms with Crippen LogP contribution in [0.2, 0.25) is 0 Å². The van der Waals surface area contributed by atoms with Crippen molar-refractivity contribution in [1.29, 1.82) is 0 Å². The Morgan fingerprint density at radius 1 is 1.30 bits per heavy atom. The van der Waals surface area contributed by atoms with Gasteiger partial charge in [-0.05, 0) is 56.0 Å². The molecule has 0 bridgehead atoms. The molecule has 0 unspecified atom stereocenters. The van der Waals surface area contributed by atoms with E-state index < -0.39 is 0 Å². The second-order valence-electron chi connectivity index (χ2n) is 6.85. The molecule has 128 valence electrons. The van der Waals surface area contributed by atoms with Crippen LogP contribution in [0, 0.1) is 12.3 Å². The number of likely N-dealkylation sites (tertiary alicyclic amines) is 1. The summed E-state index contributed by atoms with van der Waals surface area (Å²) in [4.78, 5) is 2.44. The third-order valence-corrected chi connectivity index (χ3v) is 5.14. The number of rotatable bonds is 6. The molecular formula is C18H27NO4. The number of benzene rings is 1. The summed E-state index contributed by atoms with van der Waals surface area (Å²) in [5, 5.41) is 9.91. The first-order chi connectivity index (χ1) is 11.2. The second kappa shape index (κ2) is 7.07. The van der Waals surface area contributed by atoms with E-state index in [4.69, 9.17) is 14.2 Å². The van der Waals surface area contributed by atoms with Gasteiger partial charge in [-0.25, -0.2) is 0 Å². The Bertz CT molecular complexity index is 548. The number of ether oxygens (including phenoxy) is 3. The van der Waals surface area contributed by atoms with Gasteiger partial charge in [-0.2, -0.15) is 0 Å². The fourth-order valence-corrected chi connectivity index (χ4v) is 3.67. The summed E-state index contributed by atoms with van der Waals surface area (Å²) in [6.07, 6.45) is 3.11. The Balaban J connectivity index is 1.70. The van der Waals surface area contributed by atoms with Crippen LogP contribution in [0.1, 0.15) is 30.4 Å². The third kappa shape index (κ3) is 3.62. The Hall–Kier alpha value is -1.30. The summed E-state index contributed by atoms with van der Waals surface area (Å²) in [5.74, 6) is 1.69. The second-order valence-corrected chi connectivity index (χ2v) is 6.85. The smallest absolute Gasteiger partial charge is 0.231 e. The van der Waals surface area contributed by atoms with E-state index in [0.717, 1.165) is 50.4 Å². The molecule has 5 nitrogen and oxygen atoms in total. The van der Waals surface area contributed by atoms with E-state index in [-0.39, 0.29) is 12.0 Å². The quantitative estimate of drug-likeness (QED) is 0.871. The molecule has 0 spiro atoms. The summed E-state index contributed by atoms with van der Waals surface area (Å²) in [6.45, 7) is 6.24. The first kappa shape index (κ1) is 16.6. The van der Waals surface area contributed by atoms with Crippen molar-refractivity contribution in [3.8, 4) is 11.5 Å². The van der Waals surface area contributed by atoms with Crippen molar-refractivity contribution in [2.45, 2.75) is 32.7 Å². The lowest BCUT2D eigenvalue weighted by Crippen LogP contribution is -2.45. The molecule has 23 heavy (non-hydrogen) atoms. The fourth-order valence-electron chi connectivity index (χ4n) is 3.67.